The Labute approximate surface area is 99.4 Å². The minimum Gasteiger partial charge on any atom is -0.271 e. The second kappa shape index (κ2) is 5.59. The van der Waals surface area contributed by atoms with Crippen LogP contribution in [0.1, 0.15) is 18.4 Å². The van der Waals surface area contributed by atoms with Gasteiger partial charge in [-0.3, -0.25) is 9.63 Å². The molecule has 0 aliphatic carbocycles. The van der Waals surface area contributed by atoms with Gasteiger partial charge in [-0.15, -0.1) is 0 Å². The van der Waals surface area contributed by atoms with Crippen LogP contribution in [-0.4, -0.2) is 24.1 Å². The molecule has 1 fully saturated rings. The number of hydrogen-bond donors (Lipinski definition) is 0. The van der Waals surface area contributed by atoms with Crippen molar-refractivity contribution in [2.75, 3.05) is 13.2 Å². The second-order valence-electron chi connectivity index (χ2n) is 3.84. The fraction of sp³-hybridized carbons (Fsp3) is 0.308. The number of hydrogen-bond acceptors (Lipinski definition) is 2. The first-order valence-electron chi connectivity index (χ1n) is 5.64. The third-order valence-electron chi connectivity index (χ3n) is 2.56. The van der Waals surface area contributed by atoms with E-state index in [1.165, 1.54) is 23.3 Å². The molecule has 3 nitrogen and oxygen atoms in total. The number of carbonyl (C=O) groups excluding carboxylic acids is 1. The average Bonchev–Trinajstić information content (AvgIpc) is 2.38. The quantitative estimate of drug-likeness (QED) is 0.737. The first kappa shape index (κ1) is 11.8. The van der Waals surface area contributed by atoms with Gasteiger partial charge in [-0.1, -0.05) is 18.2 Å². The molecule has 0 radical (unpaired) electrons. The van der Waals surface area contributed by atoms with Gasteiger partial charge in [-0.05, 0) is 25.0 Å². The van der Waals surface area contributed by atoms with Crippen molar-refractivity contribution in [1.82, 2.24) is 5.06 Å². The number of carbonyl (C=O) groups is 1. The molecule has 1 aliphatic rings. The monoisotopic (exact) mass is 235 g/mol. The van der Waals surface area contributed by atoms with E-state index in [2.05, 4.69) is 0 Å². The largest absolute Gasteiger partial charge is 0.271 e. The van der Waals surface area contributed by atoms with Crippen molar-refractivity contribution in [3.8, 4) is 0 Å². The molecule has 1 amide bonds. The van der Waals surface area contributed by atoms with Crippen LogP contribution >= 0.6 is 0 Å². The number of nitrogens with zero attached hydrogens (tertiary/aromatic N) is 1. The smallest absolute Gasteiger partial charge is 0.270 e. The zero-order chi connectivity index (χ0) is 12.1. The molecule has 0 spiro atoms. The molecule has 0 saturated carbocycles. The van der Waals surface area contributed by atoms with Crippen molar-refractivity contribution >= 4 is 12.0 Å². The topological polar surface area (TPSA) is 29.5 Å². The van der Waals surface area contributed by atoms with Gasteiger partial charge < -0.3 is 0 Å². The minimum absolute atomic E-state index is 0.243. The average molecular weight is 235 g/mol. The first-order valence-corrected chi connectivity index (χ1v) is 5.64. The van der Waals surface area contributed by atoms with Crippen molar-refractivity contribution < 1.29 is 14.0 Å². The molecule has 1 heterocycles. The molecule has 1 saturated heterocycles. The molecule has 0 N–H and O–H groups in total. The van der Waals surface area contributed by atoms with E-state index in [1.807, 2.05) is 0 Å². The van der Waals surface area contributed by atoms with Gasteiger partial charge in [0.25, 0.3) is 5.91 Å². The molecule has 0 aromatic heterocycles. The second-order valence-corrected chi connectivity index (χ2v) is 3.84. The maximum Gasteiger partial charge on any atom is 0.270 e. The summed E-state index contributed by atoms with van der Waals surface area (Å²) in [6.45, 7) is 1.17. The SMILES string of the molecule is O=C(/C=C/c1ccccc1F)N1CCCCO1. The van der Waals surface area contributed by atoms with E-state index in [1.54, 1.807) is 18.2 Å². The van der Waals surface area contributed by atoms with E-state index in [-0.39, 0.29) is 11.7 Å². The van der Waals surface area contributed by atoms with Crippen LogP contribution in [0.3, 0.4) is 0 Å². The predicted octanol–water partition coefficient (Wildman–Crippen LogP) is 2.39. The molecule has 1 aromatic carbocycles. The zero-order valence-corrected chi connectivity index (χ0v) is 9.43. The number of amides is 1. The van der Waals surface area contributed by atoms with Crippen LogP contribution in [-0.2, 0) is 9.63 Å². The van der Waals surface area contributed by atoms with Crippen LogP contribution in [0.25, 0.3) is 6.08 Å². The lowest BCUT2D eigenvalue weighted by atomic mass is 10.2. The Balaban J connectivity index is 2.00. The predicted molar refractivity (Wildman–Crippen MR) is 62.3 cm³/mol. The van der Waals surface area contributed by atoms with Crippen LogP contribution < -0.4 is 0 Å². The molecular formula is C13H14FNO2. The molecule has 4 heteroatoms. The summed E-state index contributed by atoms with van der Waals surface area (Å²) >= 11 is 0. The summed E-state index contributed by atoms with van der Waals surface area (Å²) in [5, 5.41) is 1.32. The molecule has 2 rings (SSSR count). The minimum atomic E-state index is -0.337. The van der Waals surface area contributed by atoms with Crippen LogP contribution in [0.15, 0.2) is 30.3 Å². The molecule has 0 bridgehead atoms. The van der Waals surface area contributed by atoms with Gasteiger partial charge in [-0.2, -0.15) is 0 Å². The summed E-state index contributed by atoms with van der Waals surface area (Å²) in [5.41, 5.74) is 0.401. The summed E-state index contributed by atoms with van der Waals surface area (Å²) in [5.74, 6) is -0.580. The summed E-state index contributed by atoms with van der Waals surface area (Å²) in [7, 11) is 0. The third kappa shape index (κ3) is 3.14. The Kier molecular flexibility index (Phi) is 3.88. The fourth-order valence-electron chi connectivity index (χ4n) is 1.63. The lowest BCUT2D eigenvalue weighted by Crippen LogP contribution is -2.34. The normalized spacial score (nSPS) is 16.4. The summed E-state index contributed by atoms with van der Waals surface area (Å²) < 4.78 is 13.3. The zero-order valence-electron chi connectivity index (χ0n) is 9.43. The Hall–Kier alpha value is -1.68. The van der Waals surface area contributed by atoms with Gasteiger partial charge in [0.1, 0.15) is 5.82 Å². The van der Waals surface area contributed by atoms with Crippen LogP contribution in [0.5, 0.6) is 0 Å². The highest BCUT2D eigenvalue weighted by Crippen LogP contribution is 2.10. The molecule has 0 unspecified atom stereocenters. The molecule has 1 aliphatic heterocycles. The summed E-state index contributed by atoms with van der Waals surface area (Å²) in [6.07, 6.45) is 4.72. The Morgan fingerprint density at radius 2 is 2.18 bits per heavy atom. The maximum absolute atomic E-state index is 13.3. The first-order chi connectivity index (χ1) is 8.27. The highest BCUT2D eigenvalue weighted by molar-refractivity contribution is 5.91. The maximum atomic E-state index is 13.3. The fourth-order valence-corrected chi connectivity index (χ4v) is 1.63. The number of halogens is 1. The number of hydroxylamine groups is 2. The van der Waals surface area contributed by atoms with E-state index in [0.717, 1.165) is 12.8 Å². The van der Waals surface area contributed by atoms with E-state index in [9.17, 15) is 9.18 Å². The molecule has 17 heavy (non-hydrogen) atoms. The number of rotatable bonds is 2. The molecule has 90 valence electrons. The molecular weight excluding hydrogens is 221 g/mol. The molecule has 1 aromatic rings. The van der Waals surface area contributed by atoms with Crippen LogP contribution in [0.4, 0.5) is 4.39 Å². The van der Waals surface area contributed by atoms with Gasteiger partial charge in [0, 0.05) is 18.2 Å². The van der Waals surface area contributed by atoms with E-state index in [4.69, 9.17) is 4.84 Å². The Morgan fingerprint density at radius 3 is 2.88 bits per heavy atom. The van der Waals surface area contributed by atoms with Crippen molar-refractivity contribution in [3.05, 3.63) is 41.7 Å². The van der Waals surface area contributed by atoms with Gasteiger partial charge in [0.05, 0.1) is 6.61 Å². The van der Waals surface area contributed by atoms with E-state index >= 15 is 0 Å². The lowest BCUT2D eigenvalue weighted by Gasteiger charge is -2.24. The lowest BCUT2D eigenvalue weighted by molar-refractivity contribution is -0.191. The Morgan fingerprint density at radius 1 is 1.35 bits per heavy atom. The third-order valence-corrected chi connectivity index (χ3v) is 2.56. The van der Waals surface area contributed by atoms with Gasteiger partial charge in [-0.25, -0.2) is 9.45 Å². The van der Waals surface area contributed by atoms with Gasteiger partial charge >= 0.3 is 0 Å². The van der Waals surface area contributed by atoms with Gasteiger partial charge in [0.2, 0.25) is 0 Å². The van der Waals surface area contributed by atoms with Crippen molar-refractivity contribution in [2.24, 2.45) is 0 Å². The molecule has 0 atom stereocenters. The Bertz CT molecular complexity index is 425. The van der Waals surface area contributed by atoms with Crippen molar-refractivity contribution in [2.45, 2.75) is 12.8 Å². The number of benzene rings is 1. The van der Waals surface area contributed by atoms with E-state index < -0.39 is 0 Å². The van der Waals surface area contributed by atoms with Crippen molar-refractivity contribution in [1.29, 1.82) is 0 Å². The highest BCUT2D eigenvalue weighted by atomic mass is 19.1. The van der Waals surface area contributed by atoms with Gasteiger partial charge in [0.15, 0.2) is 0 Å². The van der Waals surface area contributed by atoms with E-state index in [0.29, 0.717) is 18.7 Å². The van der Waals surface area contributed by atoms with Crippen molar-refractivity contribution in [3.63, 3.8) is 0 Å². The standard InChI is InChI=1S/C13H14FNO2/c14-12-6-2-1-5-11(12)7-8-13(16)15-9-3-4-10-17-15/h1-2,5-8H,3-4,9-10H2/b8-7+. The summed E-state index contributed by atoms with van der Waals surface area (Å²) in [4.78, 5) is 16.9. The highest BCUT2D eigenvalue weighted by Gasteiger charge is 2.14. The summed E-state index contributed by atoms with van der Waals surface area (Å²) in [6, 6.07) is 6.32. The van der Waals surface area contributed by atoms with Crippen LogP contribution in [0.2, 0.25) is 0 Å². The van der Waals surface area contributed by atoms with Crippen LogP contribution in [0, 0.1) is 5.82 Å².